The Morgan fingerprint density at radius 2 is 2.00 bits per heavy atom. The summed E-state index contributed by atoms with van der Waals surface area (Å²) in [6.45, 7) is 0. The molecule has 0 saturated heterocycles. The third-order valence-corrected chi connectivity index (χ3v) is 0. The largest absolute Gasteiger partial charge is 0.326 e. The van der Waals surface area contributed by atoms with Crippen LogP contribution >= 0.6 is 8.20 Å². The molecular weight excluding hydrogens is 79.0 g/mol. The van der Waals surface area contributed by atoms with Gasteiger partial charge in [0.15, 0.2) is 1.28 Å². The van der Waals surface area contributed by atoms with Crippen molar-refractivity contribution in [1.29, 1.82) is 1.28 Å². The molecule has 0 amide bonds. The van der Waals surface area contributed by atoms with Crippen LogP contribution in [-0.2, 0) is 4.57 Å². The van der Waals surface area contributed by atoms with Crippen LogP contribution < -0.4 is 0 Å². The van der Waals surface area contributed by atoms with E-state index < -0.39 is 8.20 Å². The molecule has 0 fully saturated rings. The predicted molar refractivity (Wildman–Crippen MR) is 13.4 cm³/mol. The van der Waals surface area contributed by atoms with Gasteiger partial charge in [-0.25, -0.2) is 0 Å². The molecular formula is H3O3P. The zero-order chi connectivity index (χ0) is 4.50. The van der Waals surface area contributed by atoms with Crippen molar-refractivity contribution in [3.05, 3.63) is 0 Å². The van der Waals surface area contributed by atoms with Crippen molar-refractivity contribution >= 4 is 8.20 Å². The van der Waals surface area contributed by atoms with Crippen LogP contribution in [0.25, 0.3) is 0 Å². The van der Waals surface area contributed by atoms with E-state index in [1.54, 1.807) is 0 Å². The monoisotopic (exact) mass is 83.0 g/mol. The highest BCUT2D eigenvalue weighted by Gasteiger charge is 1.61. The Labute approximate surface area is 25.1 Å². The summed E-state index contributed by atoms with van der Waals surface area (Å²) >= 11 is 0. The number of rotatable bonds is 0. The maximum atomic E-state index is 8.99. The fourth-order valence-corrected chi connectivity index (χ4v) is 0. The van der Waals surface area contributed by atoms with Crippen molar-refractivity contribution in [2.75, 3.05) is 0 Å². The lowest BCUT2D eigenvalue weighted by Crippen LogP contribution is -1.38. The molecule has 0 rings (SSSR count). The van der Waals surface area contributed by atoms with Crippen molar-refractivity contribution in [1.82, 2.24) is 0 Å². The van der Waals surface area contributed by atoms with Gasteiger partial charge in [-0.2, -0.15) is 0 Å². The Bertz CT molecular complexity index is 53.0. The minimum Gasteiger partial charge on any atom is -0.326 e. The van der Waals surface area contributed by atoms with E-state index >= 15 is 0 Å². The van der Waals surface area contributed by atoms with E-state index in [-0.39, 0.29) is 0 Å². The van der Waals surface area contributed by atoms with Gasteiger partial charge < -0.3 is 9.79 Å². The maximum absolute atomic E-state index is 8.99. The first-order valence-corrected chi connectivity index (χ1v) is 1.75. The van der Waals surface area contributed by atoms with Gasteiger partial charge in [0.25, 0.3) is 0 Å². The molecule has 0 spiro atoms. The lowest BCUT2D eigenvalue weighted by molar-refractivity contribution is 0.405. The molecule has 2 N–H and O–H groups in total. The zero-order valence-corrected chi connectivity index (χ0v) is 2.64. The Hall–Kier alpha value is 0.150. The molecule has 0 radical (unpaired) electrons. The van der Waals surface area contributed by atoms with Crippen molar-refractivity contribution < 1.29 is 14.4 Å². The summed E-state index contributed by atoms with van der Waals surface area (Å²) in [6, 6.07) is 0. The van der Waals surface area contributed by atoms with E-state index in [4.69, 9.17) is 15.6 Å². The fraction of sp³-hybridized carbons (Fsp3) is 0. The molecule has 0 heterocycles. The Morgan fingerprint density at radius 3 is 2.00 bits per heavy atom. The van der Waals surface area contributed by atoms with Crippen molar-refractivity contribution in [3.8, 4) is 0 Å². The molecule has 26 valence electrons. The SMILES string of the molecule is [2H]P(=O)(O)O. The first kappa shape index (κ1) is 2.39. The van der Waals surface area contributed by atoms with Crippen molar-refractivity contribution in [2.24, 2.45) is 0 Å². The molecule has 0 saturated carbocycles. The topological polar surface area (TPSA) is 57.5 Å². The minimum atomic E-state index is -4.39. The van der Waals surface area contributed by atoms with Crippen LogP contribution in [0.4, 0.5) is 0 Å². The zero-order valence-electron chi connectivity index (χ0n) is 2.75. The predicted octanol–water partition coefficient (Wildman–Crippen LogP) is -0.639. The molecule has 0 aromatic rings. The summed E-state index contributed by atoms with van der Waals surface area (Å²) in [5.41, 5.74) is 0. The first-order chi connectivity index (χ1) is 2.00. The summed E-state index contributed by atoms with van der Waals surface area (Å²) in [5.74, 6) is 0. The van der Waals surface area contributed by atoms with Gasteiger partial charge in [-0.1, -0.05) is 0 Å². The highest BCUT2D eigenvalue weighted by atomic mass is 31.1. The molecule has 4 heavy (non-hydrogen) atoms. The summed E-state index contributed by atoms with van der Waals surface area (Å²) < 4.78 is 14.6. The van der Waals surface area contributed by atoms with E-state index in [0.29, 0.717) is 0 Å². The van der Waals surface area contributed by atoms with Crippen LogP contribution in [-0.4, -0.2) is 11.1 Å². The van der Waals surface area contributed by atoms with Crippen LogP contribution in [0.2, 0.25) is 0 Å². The van der Waals surface area contributed by atoms with E-state index in [1.165, 1.54) is 0 Å². The molecule has 0 bridgehead atoms. The van der Waals surface area contributed by atoms with Gasteiger partial charge in [0.2, 0.25) is 0 Å². The van der Waals surface area contributed by atoms with Gasteiger partial charge >= 0.3 is 8.20 Å². The summed E-state index contributed by atoms with van der Waals surface area (Å²) in [7, 11) is -4.39. The lowest BCUT2D eigenvalue weighted by atomic mass is 15.8. The molecule has 4 heteroatoms. The smallest absolute Gasteiger partial charge is 0.314 e. The van der Waals surface area contributed by atoms with Crippen LogP contribution in [0.1, 0.15) is 0 Å². The van der Waals surface area contributed by atoms with Crippen LogP contribution in [0.3, 0.4) is 0 Å². The van der Waals surface area contributed by atoms with Crippen LogP contribution in [0.15, 0.2) is 0 Å². The van der Waals surface area contributed by atoms with E-state index in [1.807, 2.05) is 0 Å². The molecule has 0 aromatic carbocycles. The van der Waals surface area contributed by atoms with Gasteiger partial charge in [0, 0.05) is 0 Å². The lowest BCUT2D eigenvalue weighted by Gasteiger charge is -1.61. The quantitative estimate of drug-likeness (QED) is 0.383. The summed E-state index contributed by atoms with van der Waals surface area (Å²) in [4.78, 5) is 14.6. The average Bonchev–Trinajstić information content (AvgIpc) is 0.722. The van der Waals surface area contributed by atoms with Crippen molar-refractivity contribution in [3.63, 3.8) is 0 Å². The average molecular weight is 83.0 g/mol. The van der Waals surface area contributed by atoms with Gasteiger partial charge in [-0.15, -0.1) is 0 Å². The number of hydrogen-bond acceptors (Lipinski definition) is 1. The molecule has 0 unspecified atom stereocenters. The van der Waals surface area contributed by atoms with Gasteiger partial charge in [0.05, 0.1) is 0 Å². The third-order valence-electron chi connectivity index (χ3n) is 0. The minimum absolute atomic E-state index is 4.39. The normalized spacial score (nSPS) is 15.0. The van der Waals surface area contributed by atoms with E-state index in [2.05, 4.69) is 0 Å². The third kappa shape index (κ3) is 126. The molecule has 0 aliphatic carbocycles. The second-order valence-corrected chi connectivity index (χ2v) is 0.758. The van der Waals surface area contributed by atoms with Crippen molar-refractivity contribution in [2.45, 2.75) is 0 Å². The standard InChI is InChI=1S/H3O3P/c1-4(2)3/h4H,(H2,1,2,3)/i4D. The number of hydrogen-bond donors (Lipinski definition) is 2. The molecule has 0 aliphatic rings. The second kappa shape index (κ2) is 1.47. The maximum Gasteiger partial charge on any atom is 0.314 e. The van der Waals surface area contributed by atoms with Gasteiger partial charge in [-0.05, 0) is 0 Å². The van der Waals surface area contributed by atoms with E-state index in [0.717, 1.165) is 0 Å². The summed E-state index contributed by atoms with van der Waals surface area (Å²) in [6.07, 6.45) is 0. The summed E-state index contributed by atoms with van der Waals surface area (Å²) in [5, 5.41) is 0. The van der Waals surface area contributed by atoms with Crippen LogP contribution in [0, 0.1) is 0 Å². The fourth-order valence-electron chi connectivity index (χ4n) is 0. The Kier molecular flexibility index (Phi) is 0.877. The van der Waals surface area contributed by atoms with E-state index in [9.17, 15) is 0 Å². The molecule has 0 atom stereocenters. The molecule has 0 aromatic heterocycles. The Morgan fingerprint density at radius 1 is 2.00 bits per heavy atom. The second-order valence-electron chi connectivity index (χ2n) is 0.253. The Balaban J connectivity index is 3.47. The van der Waals surface area contributed by atoms with Gasteiger partial charge in [0.1, 0.15) is 0 Å². The van der Waals surface area contributed by atoms with Crippen LogP contribution in [0.5, 0.6) is 0 Å². The highest BCUT2D eigenvalue weighted by molar-refractivity contribution is 7.30. The first-order valence-electron chi connectivity index (χ1n) is 1.03. The highest BCUT2D eigenvalue weighted by Crippen LogP contribution is 1.98. The van der Waals surface area contributed by atoms with Gasteiger partial charge in [-0.3, -0.25) is 4.57 Å². The molecule has 3 nitrogen and oxygen atoms in total. The molecule has 0 aliphatic heterocycles.